The Morgan fingerprint density at radius 1 is 0.510 bits per heavy atom. The van der Waals surface area contributed by atoms with Crippen molar-refractivity contribution < 1.29 is 0 Å². The molecule has 7 aromatic carbocycles. The van der Waals surface area contributed by atoms with Crippen LogP contribution < -0.4 is 0 Å². The van der Waals surface area contributed by atoms with Crippen molar-refractivity contribution in [3.63, 3.8) is 0 Å². The molecule has 0 saturated heterocycles. The van der Waals surface area contributed by atoms with Crippen molar-refractivity contribution in [1.29, 1.82) is 0 Å². The van der Waals surface area contributed by atoms with Crippen LogP contribution in [0.2, 0.25) is 0 Å². The van der Waals surface area contributed by atoms with E-state index in [1.165, 1.54) is 65.9 Å². The second-order valence-electron chi connectivity index (χ2n) is 14.1. The summed E-state index contributed by atoms with van der Waals surface area (Å²) in [6.07, 6.45) is 0.973. The Kier molecular flexibility index (Phi) is 5.37. The molecule has 0 saturated carbocycles. The van der Waals surface area contributed by atoms with E-state index in [1.807, 2.05) is 0 Å². The van der Waals surface area contributed by atoms with Gasteiger partial charge in [-0.1, -0.05) is 103 Å². The maximum Gasteiger partial charge on any atom is 0.162 e. The van der Waals surface area contributed by atoms with Crippen LogP contribution in [0.25, 0.3) is 77.3 Å². The Morgan fingerprint density at radius 3 is 2.04 bits per heavy atom. The van der Waals surface area contributed by atoms with Gasteiger partial charge in [-0.15, -0.1) is 0 Å². The van der Waals surface area contributed by atoms with Crippen LogP contribution in [-0.4, -0.2) is 19.1 Å². The zero-order valence-corrected chi connectivity index (χ0v) is 27.7. The second-order valence-corrected chi connectivity index (χ2v) is 14.1. The molecule has 0 bridgehead atoms. The Bertz CT molecular complexity index is 3070. The van der Waals surface area contributed by atoms with Crippen molar-refractivity contribution in [3.8, 4) is 22.9 Å². The lowest BCUT2D eigenvalue weighted by atomic mass is 9.89. The van der Waals surface area contributed by atoms with Crippen molar-refractivity contribution in [3.05, 3.63) is 180 Å². The number of fused-ring (bicyclic) bond motifs is 11. The molecule has 0 amide bonds. The minimum Gasteiger partial charge on any atom is -0.309 e. The fourth-order valence-corrected chi connectivity index (χ4v) is 9.59. The molecule has 2 atom stereocenters. The first-order valence-corrected chi connectivity index (χ1v) is 17.8. The van der Waals surface area contributed by atoms with E-state index >= 15 is 0 Å². The lowest BCUT2D eigenvalue weighted by molar-refractivity contribution is 0.681. The van der Waals surface area contributed by atoms with E-state index in [0.717, 1.165) is 40.2 Å². The number of rotatable bonds is 3. The Hall–Kier alpha value is -6.52. The van der Waals surface area contributed by atoms with Crippen LogP contribution in [0.1, 0.15) is 34.2 Å². The predicted octanol–water partition coefficient (Wildman–Crippen LogP) is 11.3. The molecular weight excluding hydrogens is 621 g/mol. The topological polar surface area (TPSA) is 35.6 Å². The van der Waals surface area contributed by atoms with Gasteiger partial charge in [0.15, 0.2) is 5.82 Å². The Labute approximate surface area is 293 Å². The van der Waals surface area contributed by atoms with Crippen LogP contribution >= 0.6 is 0 Å². The third kappa shape index (κ3) is 3.63. The molecule has 10 aromatic rings. The number of benzene rings is 7. The van der Waals surface area contributed by atoms with Gasteiger partial charge in [0.25, 0.3) is 0 Å². The maximum atomic E-state index is 5.52. The van der Waals surface area contributed by atoms with E-state index < -0.39 is 0 Å². The van der Waals surface area contributed by atoms with Gasteiger partial charge in [-0.2, -0.15) is 0 Å². The molecule has 2 unspecified atom stereocenters. The predicted molar refractivity (Wildman–Crippen MR) is 208 cm³/mol. The van der Waals surface area contributed by atoms with Crippen LogP contribution in [0.4, 0.5) is 0 Å². The van der Waals surface area contributed by atoms with Crippen LogP contribution in [0.15, 0.2) is 158 Å². The van der Waals surface area contributed by atoms with E-state index in [1.54, 1.807) is 0 Å². The summed E-state index contributed by atoms with van der Waals surface area (Å²) in [5.41, 5.74) is 12.4. The van der Waals surface area contributed by atoms with Gasteiger partial charge in [0.2, 0.25) is 0 Å². The van der Waals surface area contributed by atoms with Crippen molar-refractivity contribution in [1.82, 2.24) is 19.1 Å². The van der Waals surface area contributed by atoms with Gasteiger partial charge in [0.1, 0.15) is 5.82 Å². The largest absolute Gasteiger partial charge is 0.309 e. The van der Waals surface area contributed by atoms with Crippen LogP contribution in [-0.2, 0) is 6.42 Å². The van der Waals surface area contributed by atoms with Crippen molar-refractivity contribution in [2.75, 3.05) is 0 Å². The molecule has 3 heterocycles. The third-order valence-electron chi connectivity index (χ3n) is 11.6. The Balaban J connectivity index is 1.10. The number of nitrogens with zero attached hydrogens (tertiary/aromatic N) is 4. The summed E-state index contributed by atoms with van der Waals surface area (Å²) in [7, 11) is 0. The summed E-state index contributed by atoms with van der Waals surface area (Å²) in [5.74, 6) is 2.45. The van der Waals surface area contributed by atoms with Crippen LogP contribution in [0, 0.1) is 0 Å². The highest BCUT2D eigenvalue weighted by Gasteiger charge is 2.44. The lowest BCUT2D eigenvalue weighted by Gasteiger charge is -2.16. The SMILES string of the molecule is c1ccc(-n2c3ccccc3c3cc(-c4nc(-n5c6c(c7ccccc75)C5c7cccc8cccc(c78)C5C6)c5ccccc5n4)ccc32)cc1. The molecule has 4 heteroatoms. The van der Waals surface area contributed by atoms with Gasteiger partial charge < -0.3 is 4.57 Å². The molecule has 0 spiro atoms. The molecule has 4 nitrogen and oxygen atoms in total. The first-order chi connectivity index (χ1) is 25.3. The molecule has 0 aliphatic heterocycles. The van der Waals surface area contributed by atoms with Crippen molar-refractivity contribution in [2.24, 2.45) is 0 Å². The summed E-state index contributed by atoms with van der Waals surface area (Å²) in [4.78, 5) is 10.7. The van der Waals surface area contributed by atoms with Gasteiger partial charge in [-0.05, 0) is 88.5 Å². The Morgan fingerprint density at radius 2 is 1.20 bits per heavy atom. The average molecular weight is 651 g/mol. The first-order valence-electron chi connectivity index (χ1n) is 17.8. The van der Waals surface area contributed by atoms with Gasteiger partial charge in [0, 0.05) is 50.3 Å². The maximum absolute atomic E-state index is 5.52. The standard InChI is InChI=1S/C47H30N4/c1-2-14-30(15-3-1)50-39-22-8-5-16-31(39)36-26-29(24-25-41(36)50)46-48-38-21-7-4-17-33(38)47(49-46)51-40-23-9-6-18-34(40)45-42(51)27-37-32-19-10-12-28-13-11-20-35(43(28)32)44(37)45/h1-26,37,44H,27H2. The smallest absolute Gasteiger partial charge is 0.162 e. The highest BCUT2D eigenvalue weighted by molar-refractivity contribution is 6.10. The molecule has 3 aromatic heterocycles. The number of hydrogen-bond acceptors (Lipinski definition) is 2. The first kappa shape index (κ1) is 27.3. The summed E-state index contributed by atoms with van der Waals surface area (Å²) < 4.78 is 4.82. The van der Waals surface area contributed by atoms with Gasteiger partial charge in [-0.25, -0.2) is 9.97 Å². The summed E-state index contributed by atoms with van der Waals surface area (Å²) in [6, 6.07) is 57.1. The van der Waals surface area contributed by atoms with E-state index in [2.05, 4.69) is 167 Å². The van der Waals surface area contributed by atoms with Gasteiger partial charge in [0.05, 0.1) is 22.1 Å². The molecule has 12 rings (SSSR count). The number of hydrogen-bond donors (Lipinski definition) is 0. The molecule has 238 valence electrons. The summed E-state index contributed by atoms with van der Waals surface area (Å²) >= 11 is 0. The molecule has 0 N–H and O–H groups in total. The van der Waals surface area contributed by atoms with E-state index in [-0.39, 0.29) is 0 Å². The van der Waals surface area contributed by atoms with E-state index in [0.29, 0.717) is 11.8 Å². The van der Waals surface area contributed by atoms with Crippen molar-refractivity contribution in [2.45, 2.75) is 18.3 Å². The number of aromatic nitrogens is 4. The molecule has 51 heavy (non-hydrogen) atoms. The van der Waals surface area contributed by atoms with E-state index in [9.17, 15) is 0 Å². The zero-order valence-electron chi connectivity index (χ0n) is 27.7. The minimum atomic E-state index is 0.337. The quantitative estimate of drug-likeness (QED) is 0.191. The van der Waals surface area contributed by atoms with Gasteiger partial charge >= 0.3 is 0 Å². The van der Waals surface area contributed by atoms with Crippen LogP contribution in [0.5, 0.6) is 0 Å². The normalized spacial score (nSPS) is 16.2. The second kappa shape index (κ2) is 10.0. The van der Waals surface area contributed by atoms with E-state index in [4.69, 9.17) is 9.97 Å². The molecular formula is C47H30N4. The number of para-hydroxylation sites is 4. The highest BCUT2D eigenvalue weighted by atomic mass is 15.1. The molecule has 0 fully saturated rings. The minimum absolute atomic E-state index is 0.337. The highest BCUT2D eigenvalue weighted by Crippen LogP contribution is 2.58. The van der Waals surface area contributed by atoms with Crippen LogP contribution in [0.3, 0.4) is 0 Å². The monoisotopic (exact) mass is 650 g/mol. The average Bonchev–Trinajstić information content (AvgIpc) is 3.91. The van der Waals surface area contributed by atoms with Gasteiger partial charge in [-0.3, -0.25) is 4.57 Å². The lowest BCUT2D eigenvalue weighted by Crippen LogP contribution is -2.07. The van der Waals surface area contributed by atoms with Crippen molar-refractivity contribution >= 4 is 54.4 Å². The molecule has 2 aliphatic carbocycles. The third-order valence-corrected chi connectivity index (χ3v) is 11.6. The zero-order chi connectivity index (χ0) is 33.2. The summed E-state index contributed by atoms with van der Waals surface area (Å²) in [6.45, 7) is 0. The fraction of sp³-hybridized carbons (Fsp3) is 0.0638. The fourth-order valence-electron chi connectivity index (χ4n) is 9.59. The molecule has 2 aliphatic rings. The molecule has 0 radical (unpaired) electrons. The summed E-state index contributed by atoms with van der Waals surface area (Å²) in [5, 5.41) is 7.60.